The van der Waals surface area contributed by atoms with Crippen molar-refractivity contribution in [1.82, 2.24) is 20.2 Å². The summed E-state index contributed by atoms with van der Waals surface area (Å²) in [4.78, 5) is 13.8. The second-order valence-corrected chi connectivity index (χ2v) is 5.01. The Morgan fingerprint density at radius 2 is 2.24 bits per heavy atom. The number of fused-ring (bicyclic) bond motifs is 1. The molecular formula is C10H10N4O2S. The van der Waals surface area contributed by atoms with Crippen LogP contribution in [-0.4, -0.2) is 31.3 Å². The number of hydrogen-bond donors (Lipinski definition) is 1. The van der Waals surface area contributed by atoms with Crippen molar-refractivity contribution < 1.29 is 9.90 Å². The van der Waals surface area contributed by atoms with Crippen molar-refractivity contribution in [2.24, 2.45) is 0 Å². The highest BCUT2D eigenvalue weighted by atomic mass is 32.1. The fourth-order valence-electron chi connectivity index (χ4n) is 2.17. The van der Waals surface area contributed by atoms with Gasteiger partial charge in [-0.2, -0.15) is 0 Å². The fourth-order valence-corrected chi connectivity index (χ4v) is 3.46. The van der Waals surface area contributed by atoms with E-state index in [-0.39, 0.29) is 0 Å². The van der Waals surface area contributed by atoms with E-state index in [2.05, 4.69) is 15.4 Å². The Labute approximate surface area is 101 Å². The molecule has 2 aromatic rings. The van der Waals surface area contributed by atoms with Gasteiger partial charge < -0.3 is 5.11 Å². The van der Waals surface area contributed by atoms with E-state index < -0.39 is 5.97 Å². The van der Waals surface area contributed by atoms with Gasteiger partial charge in [-0.05, 0) is 36.5 Å². The van der Waals surface area contributed by atoms with Crippen molar-refractivity contribution in [2.45, 2.75) is 25.7 Å². The van der Waals surface area contributed by atoms with Crippen LogP contribution in [0.2, 0.25) is 0 Å². The summed E-state index contributed by atoms with van der Waals surface area (Å²) in [7, 11) is 0. The minimum absolute atomic E-state index is 0.350. The summed E-state index contributed by atoms with van der Waals surface area (Å²) in [5, 5.41) is 21.2. The highest BCUT2D eigenvalue weighted by Gasteiger charge is 2.26. The lowest BCUT2D eigenvalue weighted by Gasteiger charge is -2.10. The second kappa shape index (κ2) is 3.92. The minimum Gasteiger partial charge on any atom is -0.478 e. The maximum absolute atomic E-state index is 11.4. The number of thiophene rings is 1. The number of carboxylic acid groups (broad SMARTS) is 1. The normalized spacial score (nSPS) is 14.6. The molecule has 3 rings (SSSR count). The molecule has 1 aliphatic carbocycles. The first kappa shape index (κ1) is 10.4. The van der Waals surface area contributed by atoms with E-state index in [1.807, 2.05) is 0 Å². The summed E-state index contributed by atoms with van der Waals surface area (Å²) < 4.78 is 0. The molecule has 0 bridgehead atoms. The largest absolute Gasteiger partial charge is 0.478 e. The monoisotopic (exact) mass is 250 g/mol. The summed E-state index contributed by atoms with van der Waals surface area (Å²) in [6.07, 6.45) is 5.27. The van der Waals surface area contributed by atoms with Gasteiger partial charge in [0.25, 0.3) is 0 Å². The molecule has 88 valence electrons. The number of rotatable bonds is 2. The van der Waals surface area contributed by atoms with Crippen LogP contribution >= 0.6 is 11.3 Å². The average Bonchev–Trinajstić information content (AvgIpc) is 2.95. The van der Waals surface area contributed by atoms with E-state index in [4.69, 9.17) is 0 Å². The molecule has 1 aliphatic rings. The Hall–Kier alpha value is -1.76. The van der Waals surface area contributed by atoms with Gasteiger partial charge in [0, 0.05) is 4.88 Å². The molecule has 0 unspecified atom stereocenters. The van der Waals surface area contributed by atoms with Crippen molar-refractivity contribution >= 4 is 17.3 Å². The van der Waals surface area contributed by atoms with E-state index in [9.17, 15) is 9.90 Å². The molecule has 7 heteroatoms. The number of carbonyl (C=O) groups is 1. The van der Waals surface area contributed by atoms with Crippen LogP contribution in [0.3, 0.4) is 0 Å². The zero-order valence-corrected chi connectivity index (χ0v) is 9.77. The van der Waals surface area contributed by atoms with E-state index in [0.29, 0.717) is 10.6 Å². The summed E-state index contributed by atoms with van der Waals surface area (Å²) in [5.74, 6) is -0.906. The molecule has 0 aliphatic heterocycles. The highest BCUT2D eigenvalue weighted by Crippen LogP contribution is 2.35. The molecule has 1 N–H and O–H groups in total. The number of aromatic carboxylic acids is 1. The Bertz CT molecular complexity index is 561. The van der Waals surface area contributed by atoms with E-state index >= 15 is 0 Å². The lowest BCUT2D eigenvalue weighted by molar-refractivity contribution is 0.0695. The van der Waals surface area contributed by atoms with Crippen molar-refractivity contribution in [3.8, 4) is 5.00 Å². The van der Waals surface area contributed by atoms with Gasteiger partial charge in [-0.15, -0.1) is 26.3 Å². The maximum atomic E-state index is 11.4. The van der Waals surface area contributed by atoms with Crippen LogP contribution in [0.1, 0.15) is 33.6 Å². The average molecular weight is 250 g/mol. The Balaban J connectivity index is 2.21. The van der Waals surface area contributed by atoms with Crippen LogP contribution in [-0.2, 0) is 12.8 Å². The molecule has 2 aromatic heterocycles. The van der Waals surface area contributed by atoms with Gasteiger partial charge in [0.05, 0.1) is 0 Å². The molecule has 0 atom stereocenters. The standard InChI is InChI=1S/C10H10N4O2S/c15-10(16)8-6-3-1-2-4-7(6)17-9(8)14-12-5-11-13-14/h5H,1-4H2,(H,15,16). The Morgan fingerprint density at radius 1 is 1.41 bits per heavy atom. The van der Waals surface area contributed by atoms with Gasteiger partial charge in [-0.3, -0.25) is 0 Å². The van der Waals surface area contributed by atoms with E-state index in [1.165, 1.54) is 22.5 Å². The molecule has 0 aromatic carbocycles. The van der Waals surface area contributed by atoms with Gasteiger partial charge in [0.15, 0.2) is 11.3 Å². The SMILES string of the molecule is O=C(O)c1c(-n2ncnn2)sc2c1CCCC2. The highest BCUT2D eigenvalue weighted by molar-refractivity contribution is 7.15. The van der Waals surface area contributed by atoms with Gasteiger partial charge in [0.1, 0.15) is 5.56 Å². The topological polar surface area (TPSA) is 80.9 Å². The van der Waals surface area contributed by atoms with Crippen molar-refractivity contribution in [1.29, 1.82) is 0 Å². The molecule has 0 fully saturated rings. The zero-order valence-electron chi connectivity index (χ0n) is 8.96. The van der Waals surface area contributed by atoms with Gasteiger partial charge >= 0.3 is 5.97 Å². The lowest BCUT2D eigenvalue weighted by atomic mass is 9.95. The number of carboxylic acids is 1. The minimum atomic E-state index is -0.906. The fraction of sp³-hybridized carbons (Fsp3) is 0.400. The lowest BCUT2D eigenvalue weighted by Crippen LogP contribution is -2.09. The van der Waals surface area contributed by atoms with Crippen LogP contribution in [0, 0.1) is 0 Å². The molecule has 2 heterocycles. The van der Waals surface area contributed by atoms with E-state index in [0.717, 1.165) is 36.1 Å². The number of aromatic nitrogens is 4. The predicted molar refractivity (Wildman–Crippen MR) is 60.6 cm³/mol. The van der Waals surface area contributed by atoms with E-state index in [1.54, 1.807) is 0 Å². The third-order valence-corrected chi connectivity index (χ3v) is 4.15. The Kier molecular flexibility index (Phi) is 2.40. The third-order valence-electron chi connectivity index (χ3n) is 2.90. The summed E-state index contributed by atoms with van der Waals surface area (Å²) >= 11 is 1.47. The van der Waals surface area contributed by atoms with Gasteiger partial charge in [-0.1, -0.05) is 0 Å². The van der Waals surface area contributed by atoms with Crippen molar-refractivity contribution in [2.75, 3.05) is 0 Å². The first-order chi connectivity index (χ1) is 8.27. The summed E-state index contributed by atoms with van der Waals surface area (Å²) in [5.41, 5.74) is 1.31. The molecule has 6 nitrogen and oxygen atoms in total. The molecule has 0 saturated carbocycles. The summed E-state index contributed by atoms with van der Waals surface area (Å²) in [6, 6.07) is 0. The maximum Gasteiger partial charge on any atom is 0.339 e. The Morgan fingerprint density at radius 3 is 2.94 bits per heavy atom. The van der Waals surface area contributed by atoms with Crippen LogP contribution in [0.4, 0.5) is 0 Å². The first-order valence-corrected chi connectivity index (χ1v) is 6.20. The predicted octanol–water partition coefficient (Wildman–Crippen LogP) is 1.30. The van der Waals surface area contributed by atoms with Crippen LogP contribution in [0.5, 0.6) is 0 Å². The smallest absolute Gasteiger partial charge is 0.339 e. The molecule has 0 amide bonds. The van der Waals surface area contributed by atoms with Crippen LogP contribution in [0.15, 0.2) is 6.33 Å². The number of tetrazole rings is 1. The third kappa shape index (κ3) is 1.62. The number of nitrogens with zero attached hydrogens (tertiary/aromatic N) is 4. The number of aryl methyl sites for hydroxylation is 1. The van der Waals surface area contributed by atoms with Crippen molar-refractivity contribution in [3.05, 3.63) is 22.3 Å². The summed E-state index contributed by atoms with van der Waals surface area (Å²) in [6.45, 7) is 0. The number of hydrogen-bond acceptors (Lipinski definition) is 5. The van der Waals surface area contributed by atoms with Crippen LogP contribution < -0.4 is 0 Å². The van der Waals surface area contributed by atoms with Crippen molar-refractivity contribution in [3.63, 3.8) is 0 Å². The zero-order chi connectivity index (χ0) is 11.8. The molecule has 0 saturated heterocycles. The second-order valence-electron chi connectivity index (χ2n) is 3.92. The molecule has 0 spiro atoms. The quantitative estimate of drug-likeness (QED) is 0.868. The first-order valence-electron chi connectivity index (χ1n) is 5.38. The van der Waals surface area contributed by atoms with Gasteiger partial charge in [-0.25, -0.2) is 4.79 Å². The molecular weight excluding hydrogens is 240 g/mol. The van der Waals surface area contributed by atoms with Crippen LogP contribution in [0.25, 0.3) is 5.00 Å². The molecule has 0 radical (unpaired) electrons. The molecule has 17 heavy (non-hydrogen) atoms. The van der Waals surface area contributed by atoms with Gasteiger partial charge in [0.2, 0.25) is 0 Å².